The van der Waals surface area contributed by atoms with Gasteiger partial charge in [-0.2, -0.15) is 18.3 Å². The summed E-state index contributed by atoms with van der Waals surface area (Å²) in [6, 6.07) is 4.83. The number of amides is 3. The zero-order valence-electron chi connectivity index (χ0n) is 26.4. The van der Waals surface area contributed by atoms with Gasteiger partial charge in [0, 0.05) is 56.6 Å². The van der Waals surface area contributed by atoms with E-state index in [1.165, 1.54) is 7.05 Å². The number of carbonyl (C=O) groups excluding carboxylic acids is 3. The smallest absolute Gasteiger partial charge is 0.339 e. The van der Waals surface area contributed by atoms with E-state index in [1.54, 1.807) is 23.1 Å². The predicted octanol–water partition coefficient (Wildman–Crippen LogP) is 4.01. The summed E-state index contributed by atoms with van der Waals surface area (Å²) in [4.78, 5) is 49.4. The minimum atomic E-state index is -4.93. The second-order valence-electron chi connectivity index (χ2n) is 11.9. The maximum absolute atomic E-state index is 13.7. The first kappa shape index (κ1) is 34.0. The Kier molecular flexibility index (Phi) is 9.98. The van der Waals surface area contributed by atoms with Crippen LogP contribution in [0.15, 0.2) is 30.6 Å². The lowest BCUT2D eigenvalue weighted by molar-refractivity contribution is -0.141. The van der Waals surface area contributed by atoms with Crippen molar-refractivity contribution in [2.75, 3.05) is 51.6 Å². The van der Waals surface area contributed by atoms with Crippen LogP contribution in [0.5, 0.6) is 0 Å². The fourth-order valence-corrected chi connectivity index (χ4v) is 6.10. The number of hydrogen-bond donors (Lipinski definition) is 1. The van der Waals surface area contributed by atoms with E-state index in [0.29, 0.717) is 54.1 Å². The van der Waals surface area contributed by atoms with Gasteiger partial charge in [-0.25, -0.2) is 13.8 Å². The van der Waals surface area contributed by atoms with E-state index in [-0.39, 0.29) is 29.3 Å². The number of hydrogen-bond acceptors (Lipinski definition) is 6. The summed E-state index contributed by atoms with van der Waals surface area (Å²) in [5.41, 5.74) is -0.491. The van der Waals surface area contributed by atoms with Crippen LogP contribution in [0.2, 0.25) is 0 Å². The molecule has 2 saturated heterocycles. The molecule has 11 nitrogen and oxygen atoms in total. The molecule has 0 saturated carbocycles. The lowest BCUT2D eigenvalue weighted by Crippen LogP contribution is -2.52. The molecule has 254 valence electrons. The number of nitrogens with zero attached hydrogens (tertiary/aromatic N) is 7. The highest BCUT2D eigenvalue weighted by atomic mass is 19.4. The molecule has 0 atom stereocenters. The highest BCUT2D eigenvalue weighted by Gasteiger charge is 2.39. The van der Waals surface area contributed by atoms with Crippen molar-refractivity contribution in [2.45, 2.75) is 45.3 Å². The number of benzene rings is 1. The molecule has 5 rings (SSSR count). The molecule has 0 unspecified atom stereocenters. The Bertz CT molecular complexity index is 1620. The molecule has 0 aliphatic carbocycles. The quantitative estimate of drug-likeness (QED) is 0.365. The average molecular weight is 665 g/mol. The lowest BCUT2D eigenvalue weighted by Gasteiger charge is -2.38. The van der Waals surface area contributed by atoms with Gasteiger partial charge in [-0.15, -0.1) is 0 Å². The van der Waals surface area contributed by atoms with Crippen molar-refractivity contribution in [3.8, 4) is 11.3 Å². The van der Waals surface area contributed by atoms with E-state index < -0.39 is 36.3 Å². The molecule has 1 aromatic carbocycles. The molecule has 2 fully saturated rings. The van der Waals surface area contributed by atoms with E-state index in [2.05, 4.69) is 20.3 Å². The van der Waals surface area contributed by atoms with E-state index in [1.807, 2.05) is 18.9 Å². The number of aromatic nitrogens is 4. The summed E-state index contributed by atoms with van der Waals surface area (Å²) in [5.74, 6) is -0.941. The number of rotatable bonds is 8. The number of nitrogens with one attached hydrogen (secondary N) is 1. The van der Waals surface area contributed by atoms with Crippen molar-refractivity contribution in [3.63, 3.8) is 0 Å². The third-order valence-electron chi connectivity index (χ3n) is 8.74. The number of piperazine rings is 1. The van der Waals surface area contributed by atoms with Crippen LogP contribution < -0.4 is 5.32 Å². The first-order valence-corrected chi connectivity index (χ1v) is 15.4. The van der Waals surface area contributed by atoms with E-state index in [0.717, 1.165) is 42.9 Å². The van der Waals surface area contributed by atoms with Crippen molar-refractivity contribution >= 4 is 23.4 Å². The molecular weight excluding hydrogens is 627 g/mol. The van der Waals surface area contributed by atoms with Crippen LogP contribution in [-0.2, 0) is 31.0 Å². The molecule has 47 heavy (non-hydrogen) atoms. The van der Waals surface area contributed by atoms with E-state index in [9.17, 15) is 36.3 Å². The Morgan fingerprint density at radius 3 is 2.28 bits per heavy atom. The van der Waals surface area contributed by atoms with Crippen LogP contribution in [0.25, 0.3) is 11.3 Å². The fourth-order valence-electron chi connectivity index (χ4n) is 6.10. The molecule has 4 heterocycles. The second-order valence-corrected chi connectivity index (χ2v) is 11.9. The van der Waals surface area contributed by atoms with Crippen LogP contribution in [0.3, 0.4) is 0 Å². The maximum atomic E-state index is 13.7. The largest absolute Gasteiger partial charge is 0.435 e. The molecule has 0 radical (unpaired) electrons. The van der Waals surface area contributed by atoms with Gasteiger partial charge in [-0.3, -0.25) is 19.1 Å². The monoisotopic (exact) mass is 664 g/mol. The third kappa shape index (κ3) is 7.47. The number of piperidine rings is 1. The number of anilines is 1. The standard InChI is InChI=1S/C31H37F5N8O3/c1-4-19-15-21(5-6-22(19)30(47)43-13-11-42(12-14-43)29(46)20-7-9-40(2)10-8-20)38-28(45)27-37-16-24(41(27)3)23-17-44(18-25(32)33)39-26(23)31(34,35)36/h5-6,15-17,20,25H,4,7-14,18H2,1-3H3,(H,38,45). The maximum Gasteiger partial charge on any atom is 0.435 e. The number of imidazole rings is 1. The SMILES string of the molecule is CCc1cc(NC(=O)c2ncc(-c3cn(CC(F)F)nc3C(F)(F)F)n2C)ccc1C(=O)N1CCN(C(=O)C2CCN(C)CC2)CC1. The summed E-state index contributed by atoms with van der Waals surface area (Å²) >= 11 is 0. The van der Waals surface area contributed by atoms with Crippen molar-refractivity contribution < 1.29 is 36.3 Å². The molecule has 2 aromatic heterocycles. The third-order valence-corrected chi connectivity index (χ3v) is 8.74. The van der Waals surface area contributed by atoms with Gasteiger partial charge >= 0.3 is 6.18 Å². The Hall–Kier alpha value is -4.34. The Morgan fingerprint density at radius 1 is 1.00 bits per heavy atom. The zero-order valence-corrected chi connectivity index (χ0v) is 26.4. The number of likely N-dealkylation sites (tertiary alicyclic amines) is 1. The van der Waals surface area contributed by atoms with Crippen LogP contribution in [0.4, 0.5) is 27.6 Å². The van der Waals surface area contributed by atoms with Crippen molar-refractivity contribution in [1.29, 1.82) is 0 Å². The van der Waals surface area contributed by atoms with Crippen molar-refractivity contribution in [1.82, 2.24) is 34.0 Å². The van der Waals surface area contributed by atoms with Gasteiger partial charge in [0.15, 0.2) is 11.5 Å². The molecule has 2 aliphatic heterocycles. The molecule has 16 heteroatoms. The van der Waals surface area contributed by atoms with Gasteiger partial charge < -0.3 is 24.6 Å². The van der Waals surface area contributed by atoms with Gasteiger partial charge in [0.05, 0.1) is 17.5 Å². The van der Waals surface area contributed by atoms with Crippen LogP contribution in [-0.4, -0.2) is 104 Å². The molecule has 1 N–H and O–H groups in total. The average Bonchev–Trinajstić information content (AvgIpc) is 3.63. The molecule has 0 bridgehead atoms. The Morgan fingerprint density at radius 2 is 1.66 bits per heavy atom. The van der Waals surface area contributed by atoms with E-state index >= 15 is 0 Å². The first-order valence-electron chi connectivity index (χ1n) is 15.4. The number of halogens is 5. The van der Waals surface area contributed by atoms with Crippen molar-refractivity contribution in [3.05, 3.63) is 53.2 Å². The molecule has 2 aliphatic rings. The van der Waals surface area contributed by atoms with Crippen LogP contribution >= 0.6 is 0 Å². The zero-order chi connectivity index (χ0) is 34.0. The number of carbonyl (C=O) groups is 3. The van der Waals surface area contributed by atoms with Gasteiger partial charge in [-0.1, -0.05) is 6.92 Å². The Labute approximate surface area is 268 Å². The van der Waals surface area contributed by atoms with Gasteiger partial charge in [0.25, 0.3) is 18.2 Å². The van der Waals surface area contributed by atoms with Crippen LogP contribution in [0, 0.1) is 5.92 Å². The van der Waals surface area contributed by atoms with Gasteiger partial charge in [0.2, 0.25) is 5.91 Å². The highest BCUT2D eigenvalue weighted by Crippen LogP contribution is 2.36. The molecule has 3 amide bonds. The summed E-state index contributed by atoms with van der Waals surface area (Å²) < 4.78 is 68.3. The molecule has 3 aromatic rings. The topological polar surface area (TPSA) is 109 Å². The summed E-state index contributed by atoms with van der Waals surface area (Å²) in [6.45, 7) is 4.40. The normalized spacial score (nSPS) is 16.6. The molecule has 0 spiro atoms. The summed E-state index contributed by atoms with van der Waals surface area (Å²) in [7, 11) is 3.38. The highest BCUT2D eigenvalue weighted by molar-refractivity contribution is 6.03. The lowest BCUT2D eigenvalue weighted by atomic mass is 9.95. The predicted molar refractivity (Wildman–Crippen MR) is 162 cm³/mol. The minimum absolute atomic E-state index is 0.0227. The fraction of sp³-hybridized carbons (Fsp3) is 0.516. The van der Waals surface area contributed by atoms with Gasteiger partial charge in [-0.05, 0) is 63.2 Å². The number of alkyl halides is 5. The number of aryl methyl sites for hydroxylation is 1. The summed E-state index contributed by atoms with van der Waals surface area (Å²) in [5, 5.41) is 5.97. The second kappa shape index (κ2) is 13.8. The van der Waals surface area contributed by atoms with Gasteiger partial charge in [0.1, 0.15) is 6.54 Å². The summed E-state index contributed by atoms with van der Waals surface area (Å²) in [6.07, 6.45) is -3.78. The van der Waals surface area contributed by atoms with Crippen LogP contribution in [0.1, 0.15) is 52.0 Å². The molecular formula is C31H37F5N8O3. The first-order chi connectivity index (χ1) is 22.3. The van der Waals surface area contributed by atoms with Crippen molar-refractivity contribution in [2.24, 2.45) is 13.0 Å². The van der Waals surface area contributed by atoms with E-state index in [4.69, 9.17) is 0 Å². The Balaban J connectivity index is 1.25. The minimum Gasteiger partial charge on any atom is -0.339 e.